The van der Waals surface area contributed by atoms with Crippen LogP contribution in [0.5, 0.6) is 0 Å². The maximum Gasteiger partial charge on any atom is 0.233 e. The zero-order valence-electron chi connectivity index (χ0n) is 12.3. The number of anilines is 1. The largest absolute Gasteiger partial charge is 0.355 e. The molecule has 0 atom stereocenters. The number of halogens is 2. The van der Waals surface area contributed by atoms with Crippen LogP contribution in [0.15, 0.2) is 53.0 Å². The van der Waals surface area contributed by atoms with Crippen LogP contribution < -0.4 is 10.6 Å². The third-order valence-corrected chi connectivity index (χ3v) is 3.81. The molecule has 0 aliphatic carbocycles. The fourth-order valence-electron chi connectivity index (χ4n) is 1.96. The van der Waals surface area contributed by atoms with Crippen molar-refractivity contribution in [3.05, 3.63) is 64.4 Å². The van der Waals surface area contributed by atoms with E-state index in [0.717, 1.165) is 10.0 Å². The first-order valence-electron chi connectivity index (χ1n) is 7.10. The molecule has 23 heavy (non-hydrogen) atoms. The smallest absolute Gasteiger partial charge is 0.233 e. The van der Waals surface area contributed by atoms with E-state index in [0.29, 0.717) is 18.7 Å². The van der Waals surface area contributed by atoms with Crippen molar-refractivity contribution < 1.29 is 14.0 Å². The van der Waals surface area contributed by atoms with Crippen LogP contribution in [0.2, 0.25) is 0 Å². The summed E-state index contributed by atoms with van der Waals surface area (Å²) in [6.45, 7) is 0.396. The quantitative estimate of drug-likeness (QED) is 0.757. The van der Waals surface area contributed by atoms with E-state index >= 15 is 0 Å². The molecular weight excluding hydrogens is 363 g/mol. The number of hydrogen-bond donors (Lipinski definition) is 2. The topological polar surface area (TPSA) is 58.2 Å². The summed E-state index contributed by atoms with van der Waals surface area (Å²) in [4.78, 5) is 23.5. The Hall–Kier alpha value is -2.21. The van der Waals surface area contributed by atoms with Gasteiger partial charge < -0.3 is 10.6 Å². The van der Waals surface area contributed by atoms with Gasteiger partial charge in [-0.1, -0.05) is 24.3 Å². The van der Waals surface area contributed by atoms with Crippen molar-refractivity contribution in [1.29, 1.82) is 0 Å². The van der Waals surface area contributed by atoms with Crippen molar-refractivity contribution >= 4 is 33.4 Å². The predicted octanol–water partition coefficient (Wildman–Crippen LogP) is 3.28. The SMILES string of the molecule is O=C(CC(=O)Nc1ccccc1Br)NCCc1ccc(F)cc1. The molecule has 2 amide bonds. The maximum atomic E-state index is 12.8. The first kappa shape index (κ1) is 17.1. The lowest BCUT2D eigenvalue weighted by molar-refractivity contribution is -0.126. The van der Waals surface area contributed by atoms with E-state index in [2.05, 4.69) is 26.6 Å². The van der Waals surface area contributed by atoms with E-state index in [9.17, 15) is 14.0 Å². The Bertz CT molecular complexity index is 689. The molecule has 2 aromatic rings. The molecular formula is C17H16BrFN2O2. The molecule has 2 rings (SSSR count). The first-order valence-corrected chi connectivity index (χ1v) is 7.89. The van der Waals surface area contributed by atoms with Crippen molar-refractivity contribution in [3.8, 4) is 0 Å². The summed E-state index contributed by atoms with van der Waals surface area (Å²) in [5.74, 6) is -1.02. The second-order valence-corrected chi connectivity index (χ2v) is 5.79. The van der Waals surface area contributed by atoms with E-state index in [-0.39, 0.29) is 24.1 Å². The number of hydrogen-bond acceptors (Lipinski definition) is 2. The molecule has 0 spiro atoms. The number of rotatable bonds is 6. The van der Waals surface area contributed by atoms with Crippen LogP contribution in [0.25, 0.3) is 0 Å². The lowest BCUT2D eigenvalue weighted by atomic mass is 10.1. The van der Waals surface area contributed by atoms with Gasteiger partial charge in [0.2, 0.25) is 11.8 Å². The van der Waals surface area contributed by atoms with Crippen LogP contribution in [0.1, 0.15) is 12.0 Å². The summed E-state index contributed by atoms with van der Waals surface area (Å²) in [7, 11) is 0. The standard InChI is InChI=1S/C17H16BrFN2O2/c18-14-3-1-2-4-15(14)21-17(23)11-16(22)20-10-9-12-5-7-13(19)8-6-12/h1-8H,9-11H2,(H,20,22)(H,21,23). The highest BCUT2D eigenvalue weighted by Gasteiger charge is 2.10. The van der Waals surface area contributed by atoms with Crippen LogP contribution in [-0.4, -0.2) is 18.4 Å². The Morgan fingerprint density at radius 1 is 1.00 bits per heavy atom. The summed E-state index contributed by atoms with van der Waals surface area (Å²) in [6.07, 6.45) is 0.336. The van der Waals surface area contributed by atoms with Crippen molar-refractivity contribution in [2.75, 3.05) is 11.9 Å². The van der Waals surface area contributed by atoms with Gasteiger partial charge in [-0.3, -0.25) is 9.59 Å². The highest BCUT2D eigenvalue weighted by Crippen LogP contribution is 2.21. The summed E-state index contributed by atoms with van der Waals surface area (Å²) in [5, 5.41) is 5.34. The van der Waals surface area contributed by atoms with Crippen molar-refractivity contribution in [2.24, 2.45) is 0 Å². The normalized spacial score (nSPS) is 10.2. The minimum absolute atomic E-state index is 0.245. The van der Waals surface area contributed by atoms with Crippen molar-refractivity contribution in [2.45, 2.75) is 12.8 Å². The zero-order chi connectivity index (χ0) is 16.7. The van der Waals surface area contributed by atoms with E-state index in [4.69, 9.17) is 0 Å². The Morgan fingerprint density at radius 3 is 2.39 bits per heavy atom. The van der Waals surface area contributed by atoms with Gasteiger partial charge in [0.15, 0.2) is 0 Å². The van der Waals surface area contributed by atoms with Gasteiger partial charge in [-0.05, 0) is 52.2 Å². The minimum atomic E-state index is -0.379. The van der Waals surface area contributed by atoms with Crippen LogP contribution in [0.4, 0.5) is 10.1 Å². The molecule has 0 saturated heterocycles. The van der Waals surface area contributed by atoms with Gasteiger partial charge in [-0.25, -0.2) is 4.39 Å². The molecule has 4 nitrogen and oxygen atoms in total. The molecule has 0 saturated carbocycles. The molecule has 0 radical (unpaired) electrons. The van der Waals surface area contributed by atoms with Gasteiger partial charge in [0, 0.05) is 11.0 Å². The molecule has 0 unspecified atom stereocenters. The first-order chi connectivity index (χ1) is 11.0. The molecule has 0 aliphatic heterocycles. The van der Waals surface area contributed by atoms with Gasteiger partial charge >= 0.3 is 0 Å². The summed E-state index contributed by atoms with van der Waals surface area (Å²) in [6, 6.07) is 13.3. The van der Waals surface area contributed by atoms with Crippen molar-refractivity contribution in [1.82, 2.24) is 5.32 Å². The lowest BCUT2D eigenvalue weighted by Gasteiger charge is -2.08. The average Bonchev–Trinajstić information content (AvgIpc) is 2.51. The highest BCUT2D eigenvalue weighted by molar-refractivity contribution is 9.10. The Morgan fingerprint density at radius 2 is 1.70 bits per heavy atom. The molecule has 2 N–H and O–H groups in total. The van der Waals surface area contributed by atoms with Crippen LogP contribution in [0.3, 0.4) is 0 Å². The van der Waals surface area contributed by atoms with E-state index in [1.165, 1.54) is 12.1 Å². The van der Waals surface area contributed by atoms with Gasteiger partial charge in [0.1, 0.15) is 12.2 Å². The molecule has 0 aliphatic rings. The summed E-state index contributed by atoms with van der Waals surface area (Å²) >= 11 is 3.32. The molecule has 0 heterocycles. The molecule has 0 aromatic heterocycles. The zero-order valence-corrected chi connectivity index (χ0v) is 13.9. The number of nitrogens with one attached hydrogen (secondary N) is 2. The third-order valence-electron chi connectivity index (χ3n) is 3.12. The predicted molar refractivity (Wildman–Crippen MR) is 90.5 cm³/mol. The van der Waals surface area contributed by atoms with Crippen LogP contribution in [0, 0.1) is 5.82 Å². The molecule has 6 heteroatoms. The van der Waals surface area contributed by atoms with Crippen LogP contribution >= 0.6 is 15.9 Å². The number of carbonyl (C=O) groups is 2. The Kier molecular flexibility index (Phi) is 6.29. The maximum absolute atomic E-state index is 12.8. The second kappa shape index (κ2) is 8.43. The van der Waals surface area contributed by atoms with Gasteiger partial charge in [0.25, 0.3) is 0 Å². The van der Waals surface area contributed by atoms with Gasteiger partial charge in [-0.2, -0.15) is 0 Å². The molecule has 2 aromatic carbocycles. The van der Waals surface area contributed by atoms with Crippen LogP contribution in [-0.2, 0) is 16.0 Å². The number of carbonyl (C=O) groups excluding carboxylic acids is 2. The van der Waals surface area contributed by atoms with E-state index in [1.807, 2.05) is 6.07 Å². The fraction of sp³-hybridized carbons (Fsp3) is 0.176. The van der Waals surface area contributed by atoms with Gasteiger partial charge in [0.05, 0.1) is 5.69 Å². The average molecular weight is 379 g/mol. The van der Waals surface area contributed by atoms with E-state index in [1.54, 1.807) is 30.3 Å². The van der Waals surface area contributed by atoms with Crippen molar-refractivity contribution in [3.63, 3.8) is 0 Å². The number of para-hydroxylation sites is 1. The molecule has 120 valence electrons. The second-order valence-electron chi connectivity index (χ2n) is 4.93. The lowest BCUT2D eigenvalue weighted by Crippen LogP contribution is -2.29. The fourth-order valence-corrected chi connectivity index (χ4v) is 2.35. The molecule has 0 bridgehead atoms. The summed E-state index contributed by atoms with van der Waals surface area (Å²) < 4.78 is 13.5. The minimum Gasteiger partial charge on any atom is -0.355 e. The highest BCUT2D eigenvalue weighted by atomic mass is 79.9. The van der Waals surface area contributed by atoms with Gasteiger partial charge in [-0.15, -0.1) is 0 Å². The number of benzene rings is 2. The Labute approximate surface area is 142 Å². The van der Waals surface area contributed by atoms with E-state index < -0.39 is 0 Å². The number of amides is 2. The molecule has 0 fully saturated rings. The monoisotopic (exact) mass is 378 g/mol. The summed E-state index contributed by atoms with van der Waals surface area (Å²) in [5.41, 5.74) is 1.54. The Balaban J connectivity index is 1.73. The third kappa shape index (κ3) is 5.83.